The molecule has 0 aromatic carbocycles. The van der Waals surface area contributed by atoms with Crippen LogP contribution in [0.3, 0.4) is 0 Å². The van der Waals surface area contributed by atoms with E-state index in [1.54, 1.807) is 6.20 Å². The fourth-order valence-electron chi connectivity index (χ4n) is 1.78. The fraction of sp³-hybridized carbons (Fsp3) is 0.417. The SMILES string of the molecule is Cn1c(CNC2CC2)nnc1-c1cccnc1. The van der Waals surface area contributed by atoms with Crippen LogP contribution in [-0.4, -0.2) is 25.8 Å². The molecule has 0 atom stereocenters. The molecule has 0 bridgehead atoms. The predicted octanol–water partition coefficient (Wildman–Crippen LogP) is 1.13. The highest BCUT2D eigenvalue weighted by Gasteiger charge is 2.21. The largest absolute Gasteiger partial charge is 0.313 e. The first-order valence-corrected chi connectivity index (χ1v) is 5.86. The van der Waals surface area contributed by atoms with E-state index in [2.05, 4.69) is 20.5 Å². The summed E-state index contributed by atoms with van der Waals surface area (Å²) in [7, 11) is 1.99. The van der Waals surface area contributed by atoms with E-state index in [9.17, 15) is 0 Å². The highest BCUT2D eigenvalue weighted by Crippen LogP contribution is 2.20. The van der Waals surface area contributed by atoms with Gasteiger partial charge in [-0.2, -0.15) is 0 Å². The monoisotopic (exact) mass is 229 g/mol. The molecule has 1 aliphatic rings. The van der Waals surface area contributed by atoms with Crippen LogP contribution in [0.5, 0.6) is 0 Å². The third-order valence-electron chi connectivity index (χ3n) is 3.01. The summed E-state index contributed by atoms with van der Waals surface area (Å²) in [6, 6.07) is 4.59. The second kappa shape index (κ2) is 4.25. The van der Waals surface area contributed by atoms with Gasteiger partial charge in [0.05, 0.1) is 6.54 Å². The van der Waals surface area contributed by atoms with Crippen LogP contribution < -0.4 is 5.32 Å². The summed E-state index contributed by atoms with van der Waals surface area (Å²) in [6.45, 7) is 0.786. The van der Waals surface area contributed by atoms with Crippen LogP contribution in [0.25, 0.3) is 11.4 Å². The molecule has 3 rings (SSSR count). The number of pyridine rings is 1. The van der Waals surface area contributed by atoms with Gasteiger partial charge >= 0.3 is 0 Å². The van der Waals surface area contributed by atoms with Crippen molar-refractivity contribution in [3.63, 3.8) is 0 Å². The van der Waals surface area contributed by atoms with Crippen LogP contribution in [0.2, 0.25) is 0 Å². The Bertz CT molecular complexity index is 501. The van der Waals surface area contributed by atoms with Crippen LogP contribution in [0.4, 0.5) is 0 Å². The van der Waals surface area contributed by atoms with Gasteiger partial charge in [-0.25, -0.2) is 0 Å². The molecule has 1 fully saturated rings. The van der Waals surface area contributed by atoms with E-state index in [0.717, 1.165) is 23.8 Å². The molecule has 0 spiro atoms. The van der Waals surface area contributed by atoms with E-state index in [-0.39, 0.29) is 0 Å². The molecule has 5 nitrogen and oxygen atoms in total. The molecule has 2 aromatic rings. The molecule has 0 radical (unpaired) electrons. The second-order valence-corrected chi connectivity index (χ2v) is 4.40. The minimum atomic E-state index is 0.688. The van der Waals surface area contributed by atoms with Gasteiger partial charge in [0, 0.05) is 31.0 Å². The number of rotatable bonds is 4. The van der Waals surface area contributed by atoms with Gasteiger partial charge in [0.25, 0.3) is 0 Å². The molecule has 0 unspecified atom stereocenters. The molecule has 1 saturated carbocycles. The second-order valence-electron chi connectivity index (χ2n) is 4.40. The summed E-state index contributed by atoms with van der Waals surface area (Å²) in [4.78, 5) is 4.10. The van der Waals surface area contributed by atoms with Crippen molar-refractivity contribution < 1.29 is 0 Å². The van der Waals surface area contributed by atoms with Gasteiger partial charge in [0.15, 0.2) is 5.82 Å². The summed E-state index contributed by atoms with van der Waals surface area (Å²) in [5.41, 5.74) is 1.00. The minimum absolute atomic E-state index is 0.688. The van der Waals surface area contributed by atoms with E-state index in [4.69, 9.17) is 0 Å². The number of nitrogens with zero attached hydrogens (tertiary/aromatic N) is 4. The van der Waals surface area contributed by atoms with E-state index in [1.807, 2.05) is 29.9 Å². The Kier molecular flexibility index (Phi) is 2.60. The van der Waals surface area contributed by atoms with Crippen molar-refractivity contribution in [2.45, 2.75) is 25.4 Å². The number of hydrogen-bond acceptors (Lipinski definition) is 4. The van der Waals surface area contributed by atoms with Gasteiger partial charge in [0.1, 0.15) is 5.82 Å². The van der Waals surface area contributed by atoms with Crippen molar-refractivity contribution >= 4 is 0 Å². The van der Waals surface area contributed by atoms with Gasteiger partial charge in [-0.1, -0.05) is 0 Å². The van der Waals surface area contributed by atoms with Crippen molar-refractivity contribution in [2.24, 2.45) is 7.05 Å². The summed E-state index contributed by atoms with van der Waals surface area (Å²) >= 11 is 0. The average molecular weight is 229 g/mol. The summed E-state index contributed by atoms with van der Waals surface area (Å²) in [5.74, 6) is 1.83. The Balaban J connectivity index is 1.81. The molecule has 5 heteroatoms. The summed E-state index contributed by atoms with van der Waals surface area (Å²) in [6.07, 6.45) is 6.14. The Morgan fingerprint density at radius 1 is 1.41 bits per heavy atom. The molecule has 1 N–H and O–H groups in total. The fourth-order valence-corrected chi connectivity index (χ4v) is 1.78. The standard InChI is InChI=1S/C12H15N5/c1-17-11(8-14-10-4-5-10)15-16-12(17)9-3-2-6-13-7-9/h2-3,6-7,10,14H,4-5,8H2,1H3. The molecule has 0 saturated heterocycles. The first-order chi connectivity index (χ1) is 8.34. The van der Waals surface area contributed by atoms with E-state index in [1.165, 1.54) is 12.8 Å². The van der Waals surface area contributed by atoms with Crippen LogP contribution in [-0.2, 0) is 13.6 Å². The van der Waals surface area contributed by atoms with Gasteiger partial charge in [0.2, 0.25) is 0 Å². The molecule has 88 valence electrons. The normalized spacial score (nSPS) is 15.1. The molecular weight excluding hydrogens is 214 g/mol. The van der Waals surface area contributed by atoms with Gasteiger partial charge in [-0.15, -0.1) is 10.2 Å². The lowest BCUT2D eigenvalue weighted by Gasteiger charge is -2.04. The third-order valence-corrected chi connectivity index (χ3v) is 3.01. The van der Waals surface area contributed by atoms with Crippen molar-refractivity contribution in [2.75, 3.05) is 0 Å². The van der Waals surface area contributed by atoms with Gasteiger partial charge in [-0.05, 0) is 25.0 Å². The molecular formula is C12H15N5. The first-order valence-electron chi connectivity index (χ1n) is 5.86. The zero-order chi connectivity index (χ0) is 11.7. The van der Waals surface area contributed by atoms with Crippen molar-refractivity contribution in [3.05, 3.63) is 30.4 Å². The molecule has 0 aliphatic heterocycles. The van der Waals surface area contributed by atoms with Crippen LogP contribution >= 0.6 is 0 Å². The maximum atomic E-state index is 4.22. The van der Waals surface area contributed by atoms with E-state index < -0.39 is 0 Å². The van der Waals surface area contributed by atoms with Crippen LogP contribution in [0.15, 0.2) is 24.5 Å². The molecule has 1 aliphatic carbocycles. The molecule has 0 amide bonds. The summed E-state index contributed by atoms with van der Waals surface area (Å²) < 4.78 is 2.02. The highest BCUT2D eigenvalue weighted by atomic mass is 15.3. The number of nitrogens with one attached hydrogen (secondary N) is 1. The van der Waals surface area contributed by atoms with Crippen LogP contribution in [0.1, 0.15) is 18.7 Å². The Morgan fingerprint density at radius 2 is 2.29 bits per heavy atom. The van der Waals surface area contributed by atoms with Crippen molar-refractivity contribution in [3.8, 4) is 11.4 Å². The molecule has 17 heavy (non-hydrogen) atoms. The lowest BCUT2D eigenvalue weighted by atomic mass is 10.3. The topological polar surface area (TPSA) is 55.6 Å². The highest BCUT2D eigenvalue weighted by molar-refractivity contribution is 5.53. The minimum Gasteiger partial charge on any atom is -0.313 e. The van der Waals surface area contributed by atoms with E-state index in [0.29, 0.717) is 6.04 Å². The Labute approximate surface area is 99.9 Å². The summed E-state index contributed by atoms with van der Waals surface area (Å²) in [5, 5.41) is 11.9. The lowest BCUT2D eigenvalue weighted by molar-refractivity contribution is 0.634. The van der Waals surface area contributed by atoms with Crippen molar-refractivity contribution in [1.29, 1.82) is 0 Å². The Hall–Kier alpha value is -1.75. The quantitative estimate of drug-likeness (QED) is 0.854. The van der Waals surface area contributed by atoms with Gasteiger partial charge < -0.3 is 9.88 Å². The zero-order valence-corrected chi connectivity index (χ0v) is 9.80. The lowest BCUT2D eigenvalue weighted by Crippen LogP contribution is -2.18. The zero-order valence-electron chi connectivity index (χ0n) is 9.80. The third kappa shape index (κ3) is 2.19. The average Bonchev–Trinajstić information content (AvgIpc) is 3.12. The smallest absolute Gasteiger partial charge is 0.165 e. The predicted molar refractivity (Wildman–Crippen MR) is 64.1 cm³/mol. The number of hydrogen-bond donors (Lipinski definition) is 1. The number of aromatic nitrogens is 4. The van der Waals surface area contributed by atoms with Gasteiger partial charge in [-0.3, -0.25) is 4.98 Å². The maximum absolute atomic E-state index is 4.22. The molecule has 2 aromatic heterocycles. The van der Waals surface area contributed by atoms with Crippen LogP contribution in [0, 0.1) is 0 Å². The van der Waals surface area contributed by atoms with Crippen molar-refractivity contribution in [1.82, 2.24) is 25.1 Å². The van der Waals surface area contributed by atoms with E-state index >= 15 is 0 Å². The Morgan fingerprint density at radius 3 is 3.00 bits per heavy atom. The first kappa shape index (κ1) is 10.4. The maximum Gasteiger partial charge on any atom is 0.165 e. The molecule has 2 heterocycles.